The predicted molar refractivity (Wildman–Crippen MR) is 73.0 cm³/mol. The highest BCUT2D eigenvalue weighted by Crippen LogP contribution is 2.34. The van der Waals surface area contributed by atoms with E-state index in [1.807, 2.05) is 36.4 Å². The van der Waals surface area contributed by atoms with E-state index in [0.29, 0.717) is 5.82 Å². The molecule has 3 aromatic heterocycles. The highest BCUT2D eigenvalue weighted by Gasteiger charge is 2.12. The van der Waals surface area contributed by atoms with Gasteiger partial charge in [0.2, 0.25) is 0 Å². The third-order valence-electron chi connectivity index (χ3n) is 2.43. The topological polar surface area (TPSA) is 64.7 Å². The summed E-state index contributed by atoms with van der Waals surface area (Å²) in [6, 6.07) is 11.5. The summed E-state index contributed by atoms with van der Waals surface area (Å²) in [6.45, 7) is 0. The molecule has 0 bridgehead atoms. The van der Waals surface area contributed by atoms with E-state index in [1.54, 1.807) is 12.4 Å². The lowest BCUT2D eigenvalue weighted by Gasteiger charge is -1.95. The Balaban J connectivity index is 2.07. The summed E-state index contributed by atoms with van der Waals surface area (Å²) in [5.74, 6) is 0.499. The zero-order valence-corrected chi connectivity index (χ0v) is 10.3. The molecule has 0 aliphatic rings. The highest BCUT2D eigenvalue weighted by molar-refractivity contribution is 7.18. The summed E-state index contributed by atoms with van der Waals surface area (Å²) in [7, 11) is 0. The van der Waals surface area contributed by atoms with Gasteiger partial charge >= 0.3 is 0 Å². The third-order valence-corrected chi connectivity index (χ3v) is 3.55. The minimum absolute atomic E-state index is 0.499. The number of pyridine rings is 2. The molecule has 0 aliphatic carbocycles. The maximum absolute atomic E-state index is 5.94. The monoisotopic (exact) mass is 254 g/mol. The molecule has 0 fully saturated rings. The number of hydrogen-bond acceptors (Lipinski definition) is 5. The van der Waals surface area contributed by atoms with Gasteiger partial charge in [-0.05, 0) is 24.3 Å². The molecule has 0 spiro atoms. The van der Waals surface area contributed by atoms with Gasteiger partial charge in [-0.15, -0.1) is 11.3 Å². The number of aromatic nitrogens is 3. The molecule has 0 aliphatic heterocycles. The molecule has 0 saturated carbocycles. The molecule has 18 heavy (non-hydrogen) atoms. The Morgan fingerprint density at radius 3 is 2.17 bits per heavy atom. The van der Waals surface area contributed by atoms with Crippen LogP contribution in [0.25, 0.3) is 21.3 Å². The van der Waals surface area contributed by atoms with Gasteiger partial charge in [0.25, 0.3) is 0 Å². The molecule has 0 saturated heterocycles. The molecule has 0 atom stereocenters. The molecule has 0 radical (unpaired) electrons. The molecule has 88 valence electrons. The summed E-state index contributed by atoms with van der Waals surface area (Å²) < 4.78 is 0. The van der Waals surface area contributed by atoms with Gasteiger partial charge in [-0.1, -0.05) is 12.1 Å². The highest BCUT2D eigenvalue weighted by atomic mass is 32.1. The van der Waals surface area contributed by atoms with Crippen LogP contribution in [0.1, 0.15) is 0 Å². The zero-order chi connectivity index (χ0) is 12.4. The predicted octanol–water partition coefficient (Wildman–Crippen LogP) is 2.85. The van der Waals surface area contributed by atoms with E-state index in [4.69, 9.17) is 5.73 Å². The first-order valence-corrected chi connectivity index (χ1v) is 6.25. The average molecular weight is 254 g/mol. The van der Waals surface area contributed by atoms with Gasteiger partial charge in [-0.3, -0.25) is 9.97 Å². The molecule has 0 amide bonds. The normalized spacial score (nSPS) is 10.4. The number of anilines is 1. The van der Waals surface area contributed by atoms with Crippen molar-refractivity contribution in [1.29, 1.82) is 0 Å². The van der Waals surface area contributed by atoms with Crippen molar-refractivity contribution in [1.82, 2.24) is 15.0 Å². The molecule has 2 N–H and O–H groups in total. The Morgan fingerprint density at radius 2 is 1.56 bits per heavy atom. The van der Waals surface area contributed by atoms with Gasteiger partial charge in [0.15, 0.2) is 0 Å². The van der Waals surface area contributed by atoms with Gasteiger partial charge in [0.05, 0.1) is 16.3 Å². The maximum atomic E-state index is 5.94. The molecular weight excluding hydrogens is 244 g/mol. The van der Waals surface area contributed by atoms with E-state index in [0.717, 1.165) is 21.3 Å². The van der Waals surface area contributed by atoms with Crippen molar-refractivity contribution in [3.8, 4) is 21.3 Å². The lowest BCUT2D eigenvalue weighted by molar-refractivity contribution is 1.29. The van der Waals surface area contributed by atoms with Crippen LogP contribution in [-0.2, 0) is 0 Å². The van der Waals surface area contributed by atoms with Crippen LogP contribution in [0.5, 0.6) is 0 Å². The molecule has 0 unspecified atom stereocenters. The molecule has 5 heteroatoms. The molecule has 4 nitrogen and oxygen atoms in total. The molecule has 3 rings (SSSR count). The summed E-state index contributed by atoms with van der Waals surface area (Å²) in [5.41, 5.74) is 7.61. The van der Waals surface area contributed by atoms with Crippen molar-refractivity contribution in [2.24, 2.45) is 0 Å². The SMILES string of the molecule is Nc1nc(-c2ccccn2)sc1-c1ccccn1. The minimum Gasteiger partial charge on any atom is -0.382 e. The van der Waals surface area contributed by atoms with Crippen molar-refractivity contribution in [2.75, 3.05) is 5.73 Å². The Bertz CT molecular complexity index is 649. The van der Waals surface area contributed by atoms with E-state index >= 15 is 0 Å². The fourth-order valence-corrected chi connectivity index (χ4v) is 2.55. The van der Waals surface area contributed by atoms with Crippen LogP contribution in [0, 0.1) is 0 Å². The van der Waals surface area contributed by atoms with Crippen LogP contribution in [0.15, 0.2) is 48.8 Å². The van der Waals surface area contributed by atoms with Crippen LogP contribution >= 0.6 is 11.3 Å². The number of hydrogen-bond donors (Lipinski definition) is 1. The van der Waals surface area contributed by atoms with Crippen LogP contribution < -0.4 is 5.73 Å². The average Bonchev–Trinajstić information content (AvgIpc) is 2.83. The van der Waals surface area contributed by atoms with Crippen LogP contribution in [0.3, 0.4) is 0 Å². The summed E-state index contributed by atoms with van der Waals surface area (Å²) in [5, 5.41) is 0.814. The van der Waals surface area contributed by atoms with E-state index in [9.17, 15) is 0 Å². The summed E-state index contributed by atoms with van der Waals surface area (Å²) in [6.07, 6.45) is 3.49. The van der Waals surface area contributed by atoms with Gasteiger partial charge in [-0.2, -0.15) is 0 Å². The van der Waals surface area contributed by atoms with Crippen molar-refractivity contribution in [3.63, 3.8) is 0 Å². The van der Waals surface area contributed by atoms with Crippen molar-refractivity contribution in [2.45, 2.75) is 0 Å². The first-order valence-electron chi connectivity index (χ1n) is 5.44. The Kier molecular flexibility index (Phi) is 2.74. The lowest BCUT2D eigenvalue weighted by atomic mass is 10.3. The maximum Gasteiger partial charge on any atom is 0.144 e. The summed E-state index contributed by atoms with van der Waals surface area (Å²) >= 11 is 1.50. The van der Waals surface area contributed by atoms with E-state index in [2.05, 4.69) is 15.0 Å². The van der Waals surface area contributed by atoms with Crippen LogP contribution in [-0.4, -0.2) is 15.0 Å². The fourth-order valence-electron chi connectivity index (χ4n) is 1.61. The second-order valence-corrected chi connectivity index (χ2v) is 4.66. The van der Waals surface area contributed by atoms with Gasteiger partial charge in [0.1, 0.15) is 10.8 Å². The van der Waals surface area contributed by atoms with Crippen molar-refractivity contribution < 1.29 is 0 Å². The zero-order valence-electron chi connectivity index (χ0n) is 9.45. The minimum atomic E-state index is 0.499. The second-order valence-electron chi connectivity index (χ2n) is 3.66. The Labute approximate surface area is 108 Å². The molecular formula is C13H10N4S. The second kappa shape index (κ2) is 4.54. The number of rotatable bonds is 2. The first-order chi connectivity index (χ1) is 8.84. The summed E-state index contributed by atoms with van der Waals surface area (Å²) in [4.78, 5) is 13.8. The van der Waals surface area contributed by atoms with Crippen LogP contribution in [0.4, 0.5) is 5.82 Å². The van der Waals surface area contributed by atoms with E-state index in [-0.39, 0.29) is 0 Å². The number of nitrogen functional groups attached to an aromatic ring is 1. The van der Waals surface area contributed by atoms with E-state index < -0.39 is 0 Å². The quantitative estimate of drug-likeness (QED) is 0.763. The largest absolute Gasteiger partial charge is 0.382 e. The van der Waals surface area contributed by atoms with Gasteiger partial charge in [-0.25, -0.2) is 4.98 Å². The number of nitrogens with zero attached hydrogens (tertiary/aromatic N) is 3. The van der Waals surface area contributed by atoms with Crippen molar-refractivity contribution >= 4 is 17.2 Å². The Hall–Kier alpha value is -2.27. The molecule has 0 aromatic carbocycles. The third kappa shape index (κ3) is 1.96. The van der Waals surface area contributed by atoms with E-state index in [1.165, 1.54) is 11.3 Å². The first kappa shape index (κ1) is 10.9. The number of nitrogens with two attached hydrogens (primary N) is 1. The smallest absolute Gasteiger partial charge is 0.144 e. The van der Waals surface area contributed by atoms with Crippen LogP contribution in [0.2, 0.25) is 0 Å². The number of thiazole rings is 1. The van der Waals surface area contributed by atoms with Gasteiger partial charge < -0.3 is 5.73 Å². The fraction of sp³-hybridized carbons (Fsp3) is 0. The van der Waals surface area contributed by atoms with Crippen molar-refractivity contribution in [3.05, 3.63) is 48.8 Å². The lowest BCUT2D eigenvalue weighted by Crippen LogP contribution is -1.88. The molecule has 3 aromatic rings. The van der Waals surface area contributed by atoms with Gasteiger partial charge in [0, 0.05) is 12.4 Å². The Morgan fingerprint density at radius 1 is 0.889 bits per heavy atom. The standard InChI is InChI=1S/C13H10N4S/c14-12-11(9-5-1-3-7-15-9)18-13(17-12)10-6-2-4-8-16-10/h1-8H,14H2. The molecule has 3 heterocycles.